The summed E-state index contributed by atoms with van der Waals surface area (Å²) in [4.78, 5) is 22.0. The first-order valence-electron chi connectivity index (χ1n) is 8.64. The van der Waals surface area contributed by atoms with E-state index in [-0.39, 0.29) is 18.4 Å². The van der Waals surface area contributed by atoms with Crippen LogP contribution in [0.25, 0.3) is 0 Å². The molecular weight excluding hydrogens is 350 g/mol. The Kier molecular flexibility index (Phi) is 7.31. The molecule has 0 N–H and O–H groups in total. The molecule has 0 amide bonds. The molecule has 0 aliphatic carbocycles. The summed E-state index contributed by atoms with van der Waals surface area (Å²) in [5.74, 6) is 0.434. The minimum atomic E-state index is -0.786. The topological polar surface area (TPSA) is 87.9 Å². The molecule has 0 aliphatic heterocycles. The third-order valence-electron chi connectivity index (χ3n) is 3.77. The van der Waals surface area contributed by atoms with E-state index in [4.69, 9.17) is 14.2 Å². The van der Waals surface area contributed by atoms with Crippen molar-refractivity contribution in [2.24, 2.45) is 0 Å². The van der Waals surface area contributed by atoms with Crippen molar-refractivity contribution in [3.05, 3.63) is 69.3 Å². The van der Waals surface area contributed by atoms with Gasteiger partial charge in [-0.05, 0) is 43.5 Å². The van der Waals surface area contributed by atoms with Crippen LogP contribution in [-0.2, 0) is 22.5 Å². The highest BCUT2D eigenvalue weighted by Gasteiger charge is 2.10. The number of hydrogen-bond donors (Lipinski definition) is 0. The molecule has 0 saturated heterocycles. The zero-order chi connectivity index (χ0) is 19.8. The highest BCUT2D eigenvalue weighted by molar-refractivity contribution is 5.64. The van der Waals surface area contributed by atoms with Gasteiger partial charge >= 0.3 is 6.16 Å². The zero-order valence-electron chi connectivity index (χ0n) is 15.6. The third kappa shape index (κ3) is 6.71. The summed E-state index contributed by atoms with van der Waals surface area (Å²) in [6.45, 7) is 6.40. The average molecular weight is 373 g/mol. The Morgan fingerprint density at radius 1 is 1.11 bits per heavy atom. The minimum absolute atomic E-state index is 0.0248. The largest absolute Gasteiger partial charge is 0.513 e. The van der Waals surface area contributed by atoms with E-state index in [1.165, 1.54) is 12.1 Å². The lowest BCUT2D eigenvalue weighted by Crippen LogP contribution is -2.13. The fraction of sp³-hybridized carbons (Fsp3) is 0.350. The van der Waals surface area contributed by atoms with Crippen molar-refractivity contribution in [3.8, 4) is 5.75 Å². The van der Waals surface area contributed by atoms with E-state index in [1.54, 1.807) is 18.2 Å². The molecule has 2 aromatic carbocycles. The van der Waals surface area contributed by atoms with Crippen molar-refractivity contribution in [2.75, 3.05) is 6.61 Å². The van der Waals surface area contributed by atoms with Gasteiger partial charge in [-0.2, -0.15) is 0 Å². The first kappa shape index (κ1) is 20.4. The van der Waals surface area contributed by atoms with Gasteiger partial charge in [0.25, 0.3) is 5.69 Å². The summed E-state index contributed by atoms with van der Waals surface area (Å²) in [5.41, 5.74) is 2.67. The highest BCUT2D eigenvalue weighted by Crippen LogP contribution is 2.20. The Labute approximate surface area is 158 Å². The number of carbonyl (C=O) groups excluding carboxylic acids is 1. The van der Waals surface area contributed by atoms with E-state index in [0.717, 1.165) is 16.7 Å². The van der Waals surface area contributed by atoms with Crippen molar-refractivity contribution in [1.29, 1.82) is 0 Å². The van der Waals surface area contributed by atoms with Gasteiger partial charge in [0.05, 0.1) is 24.2 Å². The molecule has 7 heteroatoms. The van der Waals surface area contributed by atoms with Crippen LogP contribution in [0.5, 0.6) is 5.75 Å². The normalized spacial score (nSPS) is 10.7. The van der Waals surface area contributed by atoms with E-state index in [0.29, 0.717) is 18.8 Å². The Balaban J connectivity index is 1.80. The summed E-state index contributed by atoms with van der Waals surface area (Å²) >= 11 is 0. The van der Waals surface area contributed by atoms with Gasteiger partial charge in [0.15, 0.2) is 0 Å². The van der Waals surface area contributed by atoms with Gasteiger partial charge in [0, 0.05) is 18.6 Å². The Morgan fingerprint density at radius 2 is 1.78 bits per heavy atom. The van der Waals surface area contributed by atoms with E-state index < -0.39 is 11.1 Å². The number of hydrogen-bond acceptors (Lipinski definition) is 6. The highest BCUT2D eigenvalue weighted by atomic mass is 16.7. The van der Waals surface area contributed by atoms with Crippen LogP contribution in [0, 0.1) is 17.0 Å². The van der Waals surface area contributed by atoms with Crippen molar-refractivity contribution in [3.63, 3.8) is 0 Å². The Hall–Kier alpha value is -2.93. The van der Waals surface area contributed by atoms with Crippen molar-refractivity contribution >= 4 is 11.8 Å². The molecule has 0 spiro atoms. The van der Waals surface area contributed by atoms with Crippen LogP contribution >= 0.6 is 0 Å². The van der Waals surface area contributed by atoms with Crippen molar-refractivity contribution in [1.82, 2.24) is 0 Å². The number of rotatable bonds is 8. The van der Waals surface area contributed by atoms with Gasteiger partial charge in [0.1, 0.15) is 5.75 Å². The molecule has 2 rings (SSSR count). The molecule has 0 saturated carbocycles. The number of carbonyl (C=O) groups is 1. The molecule has 0 fully saturated rings. The quantitative estimate of drug-likeness (QED) is 0.291. The van der Waals surface area contributed by atoms with Crippen LogP contribution in [0.3, 0.4) is 0 Å². The summed E-state index contributed by atoms with van der Waals surface area (Å²) in [7, 11) is 0. The van der Waals surface area contributed by atoms with Gasteiger partial charge in [0.2, 0.25) is 0 Å². The predicted molar refractivity (Wildman–Crippen MR) is 99.9 cm³/mol. The maximum Gasteiger partial charge on any atom is 0.513 e. The monoisotopic (exact) mass is 373 g/mol. The number of non-ortho nitro benzene ring substituents is 1. The van der Waals surface area contributed by atoms with Gasteiger partial charge < -0.3 is 14.2 Å². The van der Waals surface area contributed by atoms with E-state index in [9.17, 15) is 14.9 Å². The zero-order valence-corrected chi connectivity index (χ0v) is 15.6. The molecule has 7 nitrogen and oxygen atoms in total. The molecular formula is C20H23NO6. The van der Waals surface area contributed by atoms with Crippen LogP contribution in [0.1, 0.15) is 30.5 Å². The number of benzene rings is 2. The van der Waals surface area contributed by atoms with Crippen LogP contribution in [-0.4, -0.2) is 23.8 Å². The molecule has 2 aromatic rings. The SMILES string of the molecule is Cc1cc(COC(C)C)ccc1OC(=O)OCCc1ccc([N+](=O)[O-])cc1. The lowest BCUT2D eigenvalue weighted by atomic mass is 10.1. The third-order valence-corrected chi connectivity index (χ3v) is 3.77. The van der Waals surface area contributed by atoms with Gasteiger partial charge in [-0.25, -0.2) is 4.79 Å². The number of nitro benzene ring substituents is 1. The van der Waals surface area contributed by atoms with Gasteiger partial charge in [-0.3, -0.25) is 10.1 Å². The first-order valence-corrected chi connectivity index (χ1v) is 8.64. The maximum atomic E-state index is 11.8. The fourth-order valence-corrected chi connectivity index (χ4v) is 2.33. The van der Waals surface area contributed by atoms with Crippen LogP contribution < -0.4 is 4.74 Å². The minimum Gasteiger partial charge on any atom is -0.434 e. The van der Waals surface area contributed by atoms with Crippen molar-refractivity contribution < 1.29 is 23.9 Å². The number of nitro groups is 1. The average Bonchev–Trinajstić information content (AvgIpc) is 2.62. The molecule has 27 heavy (non-hydrogen) atoms. The van der Waals surface area contributed by atoms with E-state index in [1.807, 2.05) is 32.9 Å². The maximum absolute atomic E-state index is 11.8. The first-order chi connectivity index (χ1) is 12.8. The summed E-state index contributed by atoms with van der Waals surface area (Å²) in [6.07, 6.45) is -0.199. The standard InChI is InChI=1S/C20H23NO6/c1-14(2)26-13-17-6-9-19(15(3)12-17)27-20(22)25-11-10-16-4-7-18(8-5-16)21(23)24/h4-9,12,14H,10-11,13H2,1-3H3. The van der Waals surface area contributed by atoms with E-state index in [2.05, 4.69) is 0 Å². The molecule has 0 unspecified atom stereocenters. The van der Waals surface area contributed by atoms with Crippen molar-refractivity contribution in [2.45, 2.75) is 39.9 Å². The molecule has 0 radical (unpaired) electrons. The second-order valence-electron chi connectivity index (χ2n) is 6.33. The molecule has 0 aliphatic rings. The molecule has 0 aromatic heterocycles. The van der Waals surface area contributed by atoms with Crippen LogP contribution in [0.2, 0.25) is 0 Å². The van der Waals surface area contributed by atoms with Crippen LogP contribution in [0.15, 0.2) is 42.5 Å². The van der Waals surface area contributed by atoms with E-state index >= 15 is 0 Å². The number of nitrogens with zero attached hydrogens (tertiary/aromatic N) is 1. The molecule has 0 heterocycles. The number of aryl methyl sites for hydroxylation is 1. The lowest BCUT2D eigenvalue weighted by Gasteiger charge is -2.11. The summed E-state index contributed by atoms with van der Waals surface area (Å²) < 4.78 is 15.8. The molecule has 0 bridgehead atoms. The smallest absolute Gasteiger partial charge is 0.434 e. The summed E-state index contributed by atoms with van der Waals surface area (Å²) in [5, 5.41) is 10.6. The lowest BCUT2D eigenvalue weighted by molar-refractivity contribution is -0.384. The van der Waals surface area contributed by atoms with Gasteiger partial charge in [-0.15, -0.1) is 0 Å². The fourth-order valence-electron chi connectivity index (χ4n) is 2.33. The second kappa shape index (κ2) is 9.68. The number of ether oxygens (including phenoxy) is 3. The molecule has 0 atom stereocenters. The Morgan fingerprint density at radius 3 is 2.37 bits per heavy atom. The Bertz CT molecular complexity index is 786. The summed E-state index contributed by atoms with van der Waals surface area (Å²) in [6, 6.07) is 11.6. The van der Waals surface area contributed by atoms with Gasteiger partial charge in [-0.1, -0.05) is 24.3 Å². The molecule has 144 valence electrons. The predicted octanol–water partition coefficient (Wildman–Crippen LogP) is 4.59. The second-order valence-corrected chi connectivity index (χ2v) is 6.33. The van der Waals surface area contributed by atoms with Crippen LogP contribution in [0.4, 0.5) is 10.5 Å².